The smallest absolute Gasteiger partial charge is 0.134 e. The molecule has 2 rings (SSSR count). The monoisotopic (exact) mass is 245 g/mol. The third kappa shape index (κ3) is 1.56. The van der Waals surface area contributed by atoms with Crippen molar-refractivity contribution in [1.82, 2.24) is 5.32 Å². The molecule has 0 bridgehead atoms. The quantitative estimate of drug-likeness (QED) is 0.797. The van der Waals surface area contributed by atoms with E-state index < -0.39 is 0 Å². The van der Waals surface area contributed by atoms with Crippen LogP contribution in [0.5, 0.6) is 5.75 Å². The summed E-state index contributed by atoms with van der Waals surface area (Å²) in [7, 11) is 0. The van der Waals surface area contributed by atoms with Gasteiger partial charge in [-0.1, -0.05) is 0 Å². The van der Waals surface area contributed by atoms with Crippen molar-refractivity contribution in [2.75, 3.05) is 6.54 Å². The Morgan fingerprint density at radius 3 is 2.77 bits per heavy atom. The summed E-state index contributed by atoms with van der Waals surface area (Å²) in [5, 5.41) is 12.7. The zero-order valence-electron chi connectivity index (χ0n) is 6.85. The number of phenolic OH excluding ortho intramolecular Hbond substituents is 1. The molecule has 2 nitrogen and oxygen atoms in total. The zero-order valence-corrected chi connectivity index (χ0v) is 8.44. The molecule has 1 aliphatic rings. The summed E-state index contributed by atoms with van der Waals surface area (Å²) < 4.78 is 13.4. The lowest BCUT2D eigenvalue weighted by Crippen LogP contribution is -2.35. The van der Waals surface area contributed by atoms with E-state index in [1.54, 1.807) is 0 Å². The molecule has 1 heterocycles. The summed E-state index contributed by atoms with van der Waals surface area (Å²) >= 11 is 3.10. The summed E-state index contributed by atoms with van der Waals surface area (Å²) in [6, 6.07) is 2.74. The SMILES string of the molecule is Oc1c(Br)cc(F)cc1[C@@H]1CCN1. The summed E-state index contributed by atoms with van der Waals surface area (Å²) in [5.74, 6) is -0.188. The number of halogens is 2. The maximum atomic E-state index is 13.0. The number of hydrogen-bond acceptors (Lipinski definition) is 2. The van der Waals surface area contributed by atoms with Gasteiger partial charge >= 0.3 is 0 Å². The molecule has 1 aromatic rings. The molecule has 0 spiro atoms. The first-order chi connectivity index (χ1) is 6.18. The van der Waals surface area contributed by atoms with Crippen molar-refractivity contribution in [3.63, 3.8) is 0 Å². The van der Waals surface area contributed by atoms with Gasteiger partial charge in [0.2, 0.25) is 0 Å². The molecule has 0 aromatic heterocycles. The lowest BCUT2D eigenvalue weighted by atomic mass is 9.97. The van der Waals surface area contributed by atoms with E-state index in [1.807, 2.05) is 0 Å². The van der Waals surface area contributed by atoms with Gasteiger partial charge in [-0.25, -0.2) is 4.39 Å². The number of nitrogens with one attached hydrogen (secondary N) is 1. The van der Waals surface area contributed by atoms with Crippen LogP contribution in [0.4, 0.5) is 4.39 Å². The van der Waals surface area contributed by atoms with E-state index in [0.717, 1.165) is 13.0 Å². The van der Waals surface area contributed by atoms with E-state index in [2.05, 4.69) is 21.2 Å². The lowest BCUT2D eigenvalue weighted by molar-refractivity contribution is 0.361. The van der Waals surface area contributed by atoms with Gasteiger partial charge in [-0.3, -0.25) is 0 Å². The average molecular weight is 246 g/mol. The van der Waals surface area contributed by atoms with Gasteiger partial charge in [0.15, 0.2) is 0 Å². The first-order valence-electron chi connectivity index (χ1n) is 4.10. The van der Waals surface area contributed by atoms with Gasteiger partial charge in [0.05, 0.1) is 4.47 Å². The fraction of sp³-hybridized carbons (Fsp3) is 0.333. The molecule has 4 heteroatoms. The Bertz CT molecular complexity index is 339. The Morgan fingerprint density at radius 2 is 2.23 bits per heavy atom. The molecule has 13 heavy (non-hydrogen) atoms. The van der Waals surface area contributed by atoms with Crippen molar-refractivity contribution in [1.29, 1.82) is 0 Å². The molecular weight excluding hydrogens is 237 g/mol. The Morgan fingerprint density at radius 1 is 1.54 bits per heavy atom. The fourth-order valence-corrected chi connectivity index (χ4v) is 1.85. The predicted molar refractivity (Wildman–Crippen MR) is 51.1 cm³/mol. The van der Waals surface area contributed by atoms with Crippen LogP contribution in [0, 0.1) is 5.82 Å². The standard InChI is InChI=1S/C9H9BrFNO/c10-7-4-5(11)3-6(9(7)13)8-1-2-12-8/h3-4,8,12-13H,1-2H2/t8-/m0/s1. The normalized spacial score (nSPS) is 21.2. The van der Waals surface area contributed by atoms with Crippen LogP contribution in [0.15, 0.2) is 16.6 Å². The molecule has 1 atom stereocenters. The van der Waals surface area contributed by atoms with Crippen LogP contribution in [0.1, 0.15) is 18.0 Å². The Balaban J connectivity index is 2.42. The van der Waals surface area contributed by atoms with E-state index in [9.17, 15) is 9.50 Å². The van der Waals surface area contributed by atoms with Crippen molar-refractivity contribution in [3.8, 4) is 5.75 Å². The van der Waals surface area contributed by atoms with Crippen LogP contribution < -0.4 is 5.32 Å². The van der Waals surface area contributed by atoms with Crippen LogP contribution in [0.3, 0.4) is 0 Å². The Kier molecular flexibility index (Phi) is 2.26. The van der Waals surface area contributed by atoms with Gasteiger partial charge in [-0.15, -0.1) is 0 Å². The molecule has 1 fully saturated rings. The molecule has 0 aliphatic carbocycles. The molecule has 0 saturated carbocycles. The highest BCUT2D eigenvalue weighted by molar-refractivity contribution is 9.10. The molecule has 1 aromatic carbocycles. The van der Waals surface area contributed by atoms with Crippen LogP contribution in [-0.2, 0) is 0 Å². The van der Waals surface area contributed by atoms with Gasteiger partial charge in [0.25, 0.3) is 0 Å². The van der Waals surface area contributed by atoms with Gasteiger partial charge < -0.3 is 10.4 Å². The van der Waals surface area contributed by atoms with Gasteiger partial charge in [-0.05, 0) is 41.0 Å². The van der Waals surface area contributed by atoms with Crippen LogP contribution in [-0.4, -0.2) is 11.7 Å². The minimum atomic E-state index is -0.326. The van der Waals surface area contributed by atoms with E-state index in [0.29, 0.717) is 10.0 Å². The maximum Gasteiger partial charge on any atom is 0.134 e. The number of benzene rings is 1. The molecule has 2 N–H and O–H groups in total. The molecule has 0 amide bonds. The third-order valence-electron chi connectivity index (χ3n) is 2.26. The van der Waals surface area contributed by atoms with Crippen LogP contribution in [0.2, 0.25) is 0 Å². The first-order valence-corrected chi connectivity index (χ1v) is 4.89. The largest absolute Gasteiger partial charge is 0.506 e. The molecule has 70 valence electrons. The maximum absolute atomic E-state index is 13.0. The first kappa shape index (κ1) is 8.97. The fourth-order valence-electron chi connectivity index (χ4n) is 1.41. The van der Waals surface area contributed by atoms with E-state index in [-0.39, 0.29) is 17.6 Å². The topological polar surface area (TPSA) is 32.3 Å². The summed E-state index contributed by atoms with van der Waals surface area (Å²) in [6.07, 6.45) is 0.948. The molecule has 0 unspecified atom stereocenters. The van der Waals surface area contributed by atoms with Gasteiger partial charge in [-0.2, -0.15) is 0 Å². The molecule has 0 radical (unpaired) electrons. The minimum Gasteiger partial charge on any atom is -0.506 e. The van der Waals surface area contributed by atoms with Crippen molar-refractivity contribution in [2.45, 2.75) is 12.5 Å². The predicted octanol–water partition coefficient (Wildman–Crippen LogP) is 2.33. The highest BCUT2D eigenvalue weighted by atomic mass is 79.9. The van der Waals surface area contributed by atoms with Crippen molar-refractivity contribution < 1.29 is 9.50 Å². The van der Waals surface area contributed by atoms with Crippen LogP contribution >= 0.6 is 15.9 Å². The summed E-state index contributed by atoms with van der Waals surface area (Å²) in [5.41, 5.74) is 0.637. The highest BCUT2D eigenvalue weighted by Crippen LogP contribution is 2.36. The summed E-state index contributed by atoms with van der Waals surface area (Å²) in [4.78, 5) is 0. The minimum absolute atomic E-state index is 0.104. The number of phenols is 1. The van der Waals surface area contributed by atoms with Crippen LogP contribution in [0.25, 0.3) is 0 Å². The number of aromatic hydroxyl groups is 1. The number of hydrogen-bond donors (Lipinski definition) is 2. The van der Waals surface area contributed by atoms with Crippen molar-refractivity contribution >= 4 is 15.9 Å². The third-order valence-corrected chi connectivity index (χ3v) is 2.86. The second-order valence-electron chi connectivity index (χ2n) is 3.12. The molecule has 1 saturated heterocycles. The summed E-state index contributed by atoms with van der Waals surface area (Å²) in [6.45, 7) is 0.929. The van der Waals surface area contributed by atoms with Crippen molar-refractivity contribution in [3.05, 3.63) is 28.0 Å². The Labute approximate surface area is 83.9 Å². The van der Waals surface area contributed by atoms with E-state index in [4.69, 9.17) is 0 Å². The number of rotatable bonds is 1. The highest BCUT2D eigenvalue weighted by Gasteiger charge is 2.23. The zero-order chi connectivity index (χ0) is 9.42. The van der Waals surface area contributed by atoms with Gasteiger partial charge in [0.1, 0.15) is 11.6 Å². The molecule has 1 aliphatic heterocycles. The second kappa shape index (κ2) is 3.27. The van der Waals surface area contributed by atoms with E-state index in [1.165, 1.54) is 12.1 Å². The van der Waals surface area contributed by atoms with Crippen molar-refractivity contribution in [2.24, 2.45) is 0 Å². The van der Waals surface area contributed by atoms with E-state index >= 15 is 0 Å². The lowest BCUT2D eigenvalue weighted by Gasteiger charge is -2.28. The Hall–Kier alpha value is -0.610. The van der Waals surface area contributed by atoms with Gasteiger partial charge in [0, 0.05) is 11.6 Å². The molecular formula is C9H9BrFNO. The average Bonchev–Trinajstić information content (AvgIpc) is 1.95. The second-order valence-corrected chi connectivity index (χ2v) is 3.98.